The van der Waals surface area contributed by atoms with Crippen LogP contribution in [0.15, 0.2) is 24.5 Å². The van der Waals surface area contributed by atoms with Crippen LogP contribution in [0.2, 0.25) is 5.02 Å². The highest BCUT2D eigenvalue weighted by Gasteiger charge is 2.29. The van der Waals surface area contributed by atoms with Crippen LogP contribution in [0.3, 0.4) is 0 Å². The molecule has 0 bridgehead atoms. The van der Waals surface area contributed by atoms with E-state index in [4.69, 9.17) is 21.1 Å². The fraction of sp³-hybridized carbons (Fsp3) is 0.412. The molecule has 3 rings (SSSR count). The Balaban J connectivity index is 1.88. The van der Waals surface area contributed by atoms with Crippen LogP contribution in [0.4, 0.5) is 5.69 Å². The molecular formula is C17H18ClN3O4. The molecule has 132 valence electrons. The average Bonchev–Trinajstić information content (AvgIpc) is 2.59. The normalized spacial score (nSPS) is 15.0. The van der Waals surface area contributed by atoms with E-state index in [0.717, 1.165) is 37.7 Å². The maximum Gasteiger partial charge on any atom is 0.392 e. The second kappa shape index (κ2) is 7.65. The highest BCUT2D eigenvalue weighted by molar-refractivity contribution is 6.31. The molecule has 0 spiro atoms. The summed E-state index contributed by atoms with van der Waals surface area (Å²) in [5, 5.41) is 12.1. The lowest BCUT2D eigenvalue weighted by Gasteiger charge is -2.22. The Hall–Kier alpha value is -2.41. The molecule has 7 nitrogen and oxygen atoms in total. The van der Waals surface area contributed by atoms with Crippen molar-refractivity contribution in [2.75, 3.05) is 0 Å². The summed E-state index contributed by atoms with van der Waals surface area (Å²) in [6, 6.07) is 4.98. The predicted octanol–water partition coefficient (Wildman–Crippen LogP) is 4.85. The molecule has 0 radical (unpaired) electrons. The number of halogens is 1. The summed E-state index contributed by atoms with van der Waals surface area (Å²) in [6.45, 7) is 1.82. The topological polar surface area (TPSA) is 87.4 Å². The van der Waals surface area contributed by atoms with Crippen LogP contribution >= 0.6 is 11.6 Å². The lowest BCUT2D eigenvalue weighted by atomic mass is 9.98. The van der Waals surface area contributed by atoms with Crippen molar-refractivity contribution in [2.24, 2.45) is 0 Å². The third kappa shape index (κ3) is 4.17. The maximum absolute atomic E-state index is 11.5. The Bertz CT molecular complexity index is 778. The van der Waals surface area contributed by atoms with E-state index in [0.29, 0.717) is 10.8 Å². The lowest BCUT2D eigenvalue weighted by Crippen LogP contribution is -2.21. The van der Waals surface area contributed by atoms with Crippen LogP contribution in [0.25, 0.3) is 0 Å². The number of hydrogen-bond donors (Lipinski definition) is 0. The Kier molecular flexibility index (Phi) is 5.33. The standard InChI is InChI=1S/C17H18ClN3O4/c1-11-9-13(7-8-14(11)18)25-17-15(21(22)23)16(19-10-20-17)24-12-5-3-2-4-6-12/h7-10,12H,2-6H2,1H3. The molecule has 0 amide bonds. The molecule has 0 aliphatic heterocycles. The molecule has 1 saturated carbocycles. The summed E-state index contributed by atoms with van der Waals surface area (Å²) in [6.07, 6.45) is 6.15. The largest absolute Gasteiger partial charge is 0.469 e. The van der Waals surface area contributed by atoms with Gasteiger partial charge >= 0.3 is 17.4 Å². The van der Waals surface area contributed by atoms with Crippen LogP contribution < -0.4 is 9.47 Å². The number of ether oxygens (including phenoxy) is 2. The molecule has 1 fully saturated rings. The molecule has 1 aliphatic carbocycles. The summed E-state index contributed by atoms with van der Waals surface area (Å²) in [4.78, 5) is 18.8. The van der Waals surface area contributed by atoms with Crippen molar-refractivity contribution in [3.05, 3.63) is 45.2 Å². The Morgan fingerprint density at radius 2 is 1.92 bits per heavy atom. The van der Waals surface area contributed by atoms with Crippen molar-refractivity contribution in [3.63, 3.8) is 0 Å². The molecule has 1 aromatic carbocycles. The van der Waals surface area contributed by atoms with Gasteiger partial charge in [-0.25, -0.2) is 0 Å². The first-order chi connectivity index (χ1) is 12.0. The molecule has 1 heterocycles. The Morgan fingerprint density at radius 1 is 1.20 bits per heavy atom. The van der Waals surface area contributed by atoms with E-state index in [-0.39, 0.29) is 23.6 Å². The molecular weight excluding hydrogens is 346 g/mol. The third-order valence-corrected chi connectivity index (χ3v) is 4.54. The van der Waals surface area contributed by atoms with Crippen molar-refractivity contribution in [3.8, 4) is 17.5 Å². The summed E-state index contributed by atoms with van der Waals surface area (Å²) < 4.78 is 11.4. The second-order valence-corrected chi connectivity index (χ2v) is 6.39. The number of aryl methyl sites for hydroxylation is 1. The van der Waals surface area contributed by atoms with Gasteiger partial charge in [0.2, 0.25) is 0 Å². The van der Waals surface area contributed by atoms with Crippen molar-refractivity contribution in [2.45, 2.75) is 45.1 Å². The van der Waals surface area contributed by atoms with Crippen molar-refractivity contribution >= 4 is 17.3 Å². The fourth-order valence-electron chi connectivity index (χ4n) is 2.80. The van der Waals surface area contributed by atoms with E-state index >= 15 is 0 Å². The second-order valence-electron chi connectivity index (χ2n) is 5.98. The number of nitrogens with zero attached hydrogens (tertiary/aromatic N) is 3. The molecule has 25 heavy (non-hydrogen) atoms. The summed E-state index contributed by atoms with van der Waals surface area (Å²) in [7, 11) is 0. The van der Waals surface area contributed by atoms with Crippen molar-refractivity contribution < 1.29 is 14.4 Å². The molecule has 0 unspecified atom stereocenters. The molecule has 0 atom stereocenters. The number of hydrogen-bond acceptors (Lipinski definition) is 6. The minimum absolute atomic E-state index is 0.0485. The van der Waals surface area contributed by atoms with E-state index in [2.05, 4.69) is 9.97 Å². The van der Waals surface area contributed by atoms with Gasteiger partial charge in [0.1, 0.15) is 18.2 Å². The molecule has 8 heteroatoms. The van der Waals surface area contributed by atoms with Crippen molar-refractivity contribution in [1.82, 2.24) is 9.97 Å². The van der Waals surface area contributed by atoms with E-state index < -0.39 is 4.92 Å². The van der Waals surface area contributed by atoms with Gasteiger partial charge in [-0.3, -0.25) is 10.1 Å². The third-order valence-electron chi connectivity index (χ3n) is 4.11. The molecule has 2 aromatic rings. The SMILES string of the molecule is Cc1cc(Oc2ncnc(OC3CCCCC3)c2[N+](=O)[O-])ccc1Cl. The van der Waals surface area contributed by atoms with Gasteiger partial charge in [-0.2, -0.15) is 9.97 Å². The molecule has 1 aromatic heterocycles. The van der Waals surface area contributed by atoms with E-state index in [1.807, 2.05) is 6.92 Å². The quantitative estimate of drug-likeness (QED) is 0.557. The highest BCUT2D eigenvalue weighted by atomic mass is 35.5. The van der Waals surface area contributed by atoms with Gasteiger partial charge in [0.15, 0.2) is 0 Å². The predicted molar refractivity (Wildman–Crippen MR) is 92.5 cm³/mol. The van der Waals surface area contributed by atoms with Gasteiger partial charge in [0.25, 0.3) is 0 Å². The van der Waals surface area contributed by atoms with Gasteiger partial charge in [0, 0.05) is 5.02 Å². The smallest absolute Gasteiger partial charge is 0.392 e. The van der Waals surface area contributed by atoms with Gasteiger partial charge < -0.3 is 9.47 Å². The van der Waals surface area contributed by atoms with Gasteiger partial charge in [-0.05, 0) is 56.4 Å². The van der Waals surface area contributed by atoms with Crippen LogP contribution in [0.5, 0.6) is 17.5 Å². The first-order valence-corrected chi connectivity index (χ1v) is 8.52. The van der Waals surface area contributed by atoms with Crippen LogP contribution in [-0.2, 0) is 0 Å². The maximum atomic E-state index is 11.5. The van der Waals surface area contributed by atoms with Gasteiger partial charge in [-0.1, -0.05) is 18.0 Å². The summed E-state index contributed by atoms with van der Waals surface area (Å²) >= 11 is 5.99. The van der Waals surface area contributed by atoms with Gasteiger partial charge in [-0.15, -0.1) is 0 Å². The minimum Gasteiger partial charge on any atom is -0.469 e. The van der Waals surface area contributed by atoms with E-state index in [9.17, 15) is 10.1 Å². The summed E-state index contributed by atoms with van der Waals surface area (Å²) in [5.41, 5.74) is 0.440. The molecule has 0 saturated heterocycles. The fourth-order valence-corrected chi connectivity index (χ4v) is 2.92. The average molecular weight is 364 g/mol. The van der Waals surface area contributed by atoms with Crippen molar-refractivity contribution in [1.29, 1.82) is 0 Å². The number of rotatable bonds is 5. The number of benzene rings is 1. The van der Waals surface area contributed by atoms with Crippen LogP contribution in [0, 0.1) is 17.0 Å². The zero-order valence-electron chi connectivity index (χ0n) is 13.8. The van der Waals surface area contributed by atoms with E-state index in [1.165, 1.54) is 6.33 Å². The van der Waals surface area contributed by atoms with E-state index in [1.54, 1.807) is 18.2 Å². The van der Waals surface area contributed by atoms with Crippen LogP contribution in [0.1, 0.15) is 37.7 Å². The summed E-state index contributed by atoms with van der Waals surface area (Å²) in [5.74, 6) is 0.215. The van der Waals surface area contributed by atoms with Crippen LogP contribution in [-0.4, -0.2) is 21.0 Å². The Labute approximate surface area is 150 Å². The molecule has 0 N–H and O–H groups in total. The first-order valence-electron chi connectivity index (χ1n) is 8.14. The highest BCUT2D eigenvalue weighted by Crippen LogP contribution is 2.37. The number of nitro groups is 1. The minimum atomic E-state index is -0.573. The zero-order valence-corrected chi connectivity index (χ0v) is 14.5. The lowest BCUT2D eigenvalue weighted by molar-refractivity contribution is -0.387. The Morgan fingerprint density at radius 3 is 2.60 bits per heavy atom. The first kappa shape index (κ1) is 17.4. The zero-order chi connectivity index (χ0) is 17.8. The van der Waals surface area contributed by atoms with Gasteiger partial charge in [0.05, 0.1) is 4.92 Å². The monoisotopic (exact) mass is 363 g/mol. The molecule has 1 aliphatic rings. The number of aromatic nitrogens is 2.